The first-order valence-corrected chi connectivity index (χ1v) is 6.34. The number of rotatable bonds is 3. The van der Waals surface area contributed by atoms with Crippen LogP contribution in [0.25, 0.3) is 0 Å². The summed E-state index contributed by atoms with van der Waals surface area (Å²) in [6, 6.07) is 0. The van der Waals surface area contributed by atoms with E-state index in [1.165, 1.54) is 0 Å². The Balaban J connectivity index is 2.03. The molecule has 0 unspecified atom stereocenters. The van der Waals surface area contributed by atoms with Crippen molar-refractivity contribution in [2.45, 2.75) is 12.0 Å². The standard InChI is InChI=1S/C8H11NO2S2/c1-12-5-7-9-6(4-13-7)8-10-2-3-11-8/h4,8H,2-3,5H2,1H3. The lowest BCUT2D eigenvalue weighted by Crippen LogP contribution is -1.98. The molecule has 2 rings (SSSR count). The van der Waals surface area contributed by atoms with Gasteiger partial charge < -0.3 is 9.47 Å². The zero-order chi connectivity index (χ0) is 9.10. The average Bonchev–Trinajstić information content (AvgIpc) is 2.70. The molecule has 72 valence electrons. The van der Waals surface area contributed by atoms with Gasteiger partial charge in [-0.05, 0) is 6.26 Å². The van der Waals surface area contributed by atoms with Gasteiger partial charge in [-0.1, -0.05) is 0 Å². The molecule has 1 aromatic heterocycles. The van der Waals surface area contributed by atoms with E-state index in [1.807, 2.05) is 5.38 Å². The largest absolute Gasteiger partial charge is 0.345 e. The third-order valence-corrected chi connectivity index (χ3v) is 3.31. The Morgan fingerprint density at radius 1 is 1.62 bits per heavy atom. The molecule has 0 aromatic carbocycles. The maximum atomic E-state index is 5.35. The molecule has 1 aliphatic rings. The van der Waals surface area contributed by atoms with Gasteiger partial charge in [0.05, 0.1) is 13.2 Å². The summed E-state index contributed by atoms with van der Waals surface area (Å²) in [5.74, 6) is 0.970. The predicted octanol–water partition coefficient (Wildman–Crippen LogP) is 2.05. The summed E-state index contributed by atoms with van der Waals surface area (Å²) >= 11 is 3.45. The van der Waals surface area contributed by atoms with Gasteiger partial charge in [-0.25, -0.2) is 4.98 Å². The summed E-state index contributed by atoms with van der Waals surface area (Å²) in [7, 11) is 0. The minimum atomic E-state index is -0.216. The van der Waals surface area contributed by atoms with E-state index >= 15 is 0 Å². The number of nitrogens with zero attached hydrogens (tertiary/aromatic N) is 1. The lowest BCUT2D eigenvalue weighted by Gasteiger charge is -2.03. The van der Waals surface area contributed by atoms with Crippen LogP contribution >= 0.6 is 23.1 Å². The minimum absolute atomic E-state index is 0.216. The molecule has 1 fully saturated rings. The lowest BCUT2D eigenvalue weighted by atomic mass is 10.5. The summed E-state index contributed by atoms with van der Waals surface area (Å²) in [4.78, 5) is 4.43. The van der Waals surface area contributed by atoms with Crippen LogP contribution < -0.4 is 0 Å². The Bertz CT molecular complexity index is 271. The van der Waals surface area contributed by atoms with E-state index in [2.05, 4.69) is 11.2 Å². The van der Waals surface area contributed by atoms with Crippen molar-refractivity contribution < 1.29 is 9.47 Å². The molecule has 0 saturated carbocycles. The van der Waals surface area contributed by atoms with E-state index in [4.69, 9.17) is 9.47 Å². The highest BCUT2D eigenvalue weighted by Gasteiger charge is 2.20. The second kappa shape index (κ2) is 4.41. The summed E-state index contributed by atoms with van der Waals surface area (Å²) in [6.45, 7) is 1.36. The third-order valence-electron chi connectivity index (χ3n) is 1.70. The molecular weight excluding hydrogens is 206 g/mol. The topological polar surface area (TPSA) is 31.4 Å². The van der Waals surface area contributed by atoms with Crippen LogP contribution in [0.1, 0.15) is 17.0 Å². The Hall–Kier alpha value is -0.100. The van der Waals surface area contributed by atoms with Gasteiger partial charge in [-0.3, -0.25) is 0 Å². The van der Waals surface area contributed by atoms with Gasteiger partial charge in [0, 0.05) is 11.1 Å². The molecule has 0 amide bonds. The molecule has 2 heterocycles. The van der Waals surface area contributed by atoms with Crippen molar-refractivity contribution >= 4 is 23.1 Å². The highest BCUT2D eigenvalue weighted by atomic mass is 32.2. The van der Waals surface area contributed by atoms with Gasteiger partial charge in [0.25, 0.3) is 0 Å². The molecule has 0 atom stereocenters. The van der Waals surface area contributed by atoms with Gasteiger partial charge in [0.2, 0.25) is 6.29 Å². The quantitative estimate of drug-likeness (QED) is 0.775. The van der Waals surface area contributed by atoms with Crippen molar-refractivity contribution in [1.82, 2.24) is 4.98 Å². The van der Waals surface area contributed by atoms with Gasteiger partial charge in [0.15, 0.2) is 0 Å². The molecule has 0 spiro atoms. The van der Waals surface area contributed by atoms with Crippen molar-refractivity contribution in [2.24, 2.45) is 0 Å². The van der Waals surface area contributed by atoms with Crippen molar-refractivity contribution in [3.8, 4) is 0 Å². The zero-order valence-electron chi connectivity index (χ0n) is 7.36. The number of hydrogen-bond donors (Lipinski definition) is 0. The van der Waals surface area contributed by atoms with Crippen LogP contribution in [0, 0.1) is 0 Å². The van der Waals surface area contributed by atoms with Crippen LogP contribution in [0.5, 0.6) is 0 Å². The Kier molecular flexibility index (Phi) is 3.21. The third kappa shape index (κ3) is 2.22. The Morgan fingerprint density at radius 3 is 3.08 bits per heavy atom. The molecule has 1 aliphatic heterocycles. The van der Waals surface area contributed by atoms with Gasteiger partial charge in [-0.2, -0.15) is 11.8 Å². The Morgan fingerprint density at radius 2 is 2.38 bits per heavy atom. The summed E-state index contributed by atoms with van der Waals surface area (Å²) in [5, 5.41) is 3.16. The lowest BCUT2D eigenvalue weighted by molar-refractivity contribution is -0.0469. The van der Waals surface area contributed by atoms with E-state index in [0.717, 1.165) is 16.5 Å². The summed E-state index contributed by atoms with van der Waals surface area (Å²) in [6.07, 6.45) is 1.86. The maximum absolute atomic E-state index is 5.35. The van der Waals surface area contributed by atoms with Gasteiger partial charge in [-0.15, -0.1) is 11.3 Å². The van der Waals surface area contributed by atoms with Crippen LogP contribution in [-0.2, 0) is 15.2 Å². The van der Waals surface area contributed by atoms with Crippen LogP contribution in [0.15, 0.2) is 5.38 Å². The SMILES string of the molecule is CSCc1nc(C2OCCO2)cs1. The first-order valence-electron chi connectivity index (χ1n) is 4.06. The highest BCUT2D eigenvalue weighted by molar-refractivity contribution is 7.97. The molecule has 5 heteroatoms. The van der Waals surface area contributed by atoms with Crippen molar-refractivity contribution in [1.29, 1.82) is 0 Å². The van der Waals surface area contributed by atoms with E-state index in [1.54, 1.807) is 23.1 Å². The molecule has 1 aromatic rings. The molecule has 0 N–H and O–H groups in total. The van der Waals surface area contributed by atoms with Crippen LogP contribution in [0.3, 0.4) is 0 Å². The normalized spacial score (nSPS) is 18.2. The minimum Gasteiger partial charge on any atom is -0.345 e. The number of ether oxygens (including phenoxy) is 2. The summed E-state index contributed by atoms with van der Waals surface area (Å²) < 4.78 is 10.7. The number of thiazole rings is 1. The second-order valence-corrected chi connectivity index (χ2v) is 4.48. The van der Waals surface area contributed by atoms with E-state index in [0.29, 0.717) is 13.2 Å². The Labute approximate surface area is 85.5 Å². The van der Waals surface area contributed by atoms with Crippen LogP contribution in [0.4, 0.5) is 0 Å². The number of hydrogen-bond acceptors (Lipinski definition) is 5. The highest BCUT2D eigenvalue weighted by Crippen LogP contribution is 2.25. The molecule has 13 heavy (non-hydrogen) atoms. The zero-order valence-corrected chi connectivity index (χ0v) is 8.99. The first-order chi connectivity index (χ1) is 6.40. The number of thioether (sulfide) groups is 1. The number of aromatic nitrogens is 1. The molecule has 0 bridgehead atoms. The predicted molar refractivity (Wildman–Crippen MR) is 54.0 cm³/mol. The van der Waals surface area contributed by atoms with Crippen molar-refractivity contribution in [2.75, 3.05) is 19.5 Å². The molecule has 0 radical (unpaired) electrons. The van der Waals surface area contributed by atoms with Crippen molar-refractivity contribution in [3.05, 3.63) is 16.1 Å². The van der Waals surface area contributed by atoms with Crippen LogP contribution in [-0.4, -0.2) is 24.5 Å². The second-order valence-electron chi connectivity index (χ2n) is 2.67. The van der Waals surface area contributed by atoms with E-state index in [9.17, 15) is 0 Å². The van der Waals surface area contributed by atoms with Crippen LogP contribution in [0.2, 0.25) is 0 Å². The van der Waals surface area contributed by atoms with E-state index in [-0.39, 0.29) is 6.29 Å². The molecule has 3 nitrogen and oxygen atoms in total. The van der Waals surface area contributed by atoms with Gasteiger partial charge in [0.1, 0.15) is 10.7 Å². The first kappa shape index (κ1) is 9.45. The monoisotopic (exact) mass is 217 g/mol. The fraction of sp³-hybridized carbons (Fsp3) is 0.625. The molecule has 1 saturated heterocycles. The fourth-order valence-electron chi connectivity index (χ4n) is 1.15. The maximum Gasteiger partial charge on any atom is 0.202 e. The fourth-order valence-corrected chi connectivity index (χ4v) is 2.67. The van der Waals surface area contributed by atoms with Gasteiger partial charge >= 0.3 is 0 Å². The van der Waals surface area contributed by atoms with E-state index < -0.39 is 0 Å². The molecular formula is C8H11NO2S2. The van der Waals surface area contributed by atoms with Crippen molar-refractivity contribution in [3.63, 3.8) is 0 Å². The molecule has 0 aliphatic carbocycles. The smallest absolute Gasteiger partial charge is 0.202 e. The summed E-state index contributed by atoms with van der Waals surface area (Å²) in [5.41, 5.74) is 0.923. The average molecular weight is 217 g/mol.